The summed E-state index contributed by atoms with van der Waals surface area (Å²) in [7, 11) is 0. The van der Waals surface area contributed by atoms with Crippen LogP contribution in [0.15, 0.2) is 53.3 Å². The standard InChI is InChI=1S/C25H30N2O/c1-2-23-26-22-18-10-15-20(14-9-13-19-11-5-3-6-12-19)24(22)25(28)27(23)21-16-7-4-8-17-21/h4,7-8,10,15-19H,2-3,5-6,9,11-14H2,1H3. The molecule has 1 aromatic heterocycles. The van der Waals surface area contributed by atoms with Crippen LogP contribution >= 0.6 is 0 Å². The Bertz CT molecular complexity index is 985. The molecule has 0 radical (unpaired) electrons. The second kappa shape index (κ2) is 8.72. The van der Waals surface area contributed by atoms with Gasteiger partial charge in [-0.3, -0.25) is 9.36 Å². The van der Waals surface area contributed by atoms with Crippen molar-refractivity contribution in [2.24, 2.45) is 5.92 Å². The fourth-order valence-electron chi connectivity index (χ4n) is 4.69. The molecule has 0 saturated heterocycles. The van der Waals surface area contributed by atoms with E-state index in [2.05, 4.69) is 19.1 Å². The first kappa shape index (κ1) is 18.9. The fraction of sp³-hybridized carbons (Fsp3) is 0.440. The van der Waals surface area contributed by atoms with Crippen molar-refractivity contribution < 1.29 is 0 Å². The van der Waals surface area contributed by atoms with E-state index in [0.29, 0.717) is 0 Å². The van der Waals surface area contributed by atoms with Crippen molar-refractivity contribution >= 4 is 10.9 Å². The summed E-state index contributed by atoms with van der Waals surface area (Å²) >= 11 is 0. The Labute approximate surface area is 167 Å². The highest BCUT2D eigenvalue weighted by Crippen LogP contribution is 2.28. The zero-order valence-electron chi connectivity index (χ0n) is 16.9. The monoisotopic (exact) mass is 374 g/mol. The number of para-hydroxylation sites is 1. The molecule has 0 atom stereocenters. The van der Waals surface area contributed by atoms with Crippen LogP contribution in [0.3, 0.4) is 0 Å². The average Bonchev–Trinajstić information content (AvgIpc) is 2.75. The number of nitrogens with zero attached hydrogens (tertiary/aromatic N) is 2. The van der Waals surface area contributed by atoms with Crippen molar-refractivity contribution in [1.82, 2.24) is 9.55 Å². The Morgan fingerprint density at radius 3 is 2.54 bits per heavy atom. The first-order chi connectivity index (χ1) is 13.8. The minimum Gasteiger partial charge on any atom is -0.268 e. The van der Waals surface area contributed by atoms with Gasteiger partial charge in [0.05, 0.1) is 16.6 Å². The number of rotatable bonds is 6. The SMILES string of the molecule is CCc1nc2cccc(CCCC3CCCCC3)c2c(=O)n1-c1ccccc1. The first-order valence-corrected chi connectivity index (χ1v) is 10.9. The Balaban J connectivity index is 1.69. The fourth-order valence-corrected chi connectivity index (χ4v) is 4.69. The molecule has 3 heteroatoms. The van der Waals surface area contributed by atoms with Crippen LogP contribution in [0.5, 0.6) is 0 Å². The Kier molecular flexibility index (Phi) is 5.90. The van der Waals surface area contributed by atoms with Crippen molar-refractivity contribution in [1.29, 1.82) is 0 Å². The van der Waals surface area contributed by atoms with E-state index in [9.17, 15) is 4.79 Å². The van der Waals surface area contributed by atoms with Gasteiger partial charge >= 0.3 is 0 Å². The summed E-state index contributed by atoms with van der Waals surface area (Å²) in [6.45, 7) is 2.06. The summed E-state index contributed by atoms with van der Waals surface area (Å²) in [5, 5.41) is 0.798. The highest BCUT2D eigenvalue weighted by Gasteiger charge is 2.16. The van der Waals surface area contributed by atoms with Crippen LogP contribution in [-0.4, -0.2) is 9.55 Å². The number of benzene rings is 2. The lowest BCUT2D eigenvalue weighted by atomic mass is 9.85. The van der Waals surface area contributed by atoms with Crippen molar-refractivity contribution in [2.75, 3.05) is 0 Å². The molecule has 0 bridgehead atoms. The number of hydrogen-bond acceptors (Lipinski definition) is 2. The van der Waals surface area contributed by atoms with Crippen molar-refractivity contribution in [3.8, 4) is 5.69 Å². The molecule has 2 aromatic carbocycles. The Hall–Kier alpha value is -2.42. The molecule has 0 spiro atoms. The van der Waals surface area contributed by atoms with Gasteiger partial charge in [0.1, 0.15) is 5.82 Å². The molecule has 1 aliphatic rings. The number of aromatic nitrogens is 2. The topological polar surface area (TPSA) is 34.9 Å². The van der Waals surface area contributed by atoms with E-state index in [1.165, 1.54) is 38.5 Å². The summed E-state index contributed by atoms with van der Waals surface area (Å²) in [6.07, 6.45) is 11.1. The maximum atomic E-state index is 13.5. The second-order valence-electron chi connectivity index (χ2n) is 8.07. The molecule has 0 aliphatic heterocycles. The largest absolute Gasteiger partial charge is 0.268 e. The van der Waals surface area contributed by atoms with E-state index >= 15 is 0 Å². The van der Waals surface area contributed by atoms with E-state index in [-0.39, 0.29) is 5.56 Å². The summed E-state index contributed by atoms with van der Waals surface area (Å²) in [5.74, 6) is 1.71. The lowest BCUT2D eigenvalue weighted by molar-refractivity contribution is 0.332. The Morgan fingerprint density at radius 2 is 1.79 bits per heavy atom. The molecule has 146 valence electrons. The first-order valence-electron chi connectivity index (χ1n) is 10.9. The van der Waals surface area contributed by atoms with Gasteiger partial charge in [0.15, 0.2) is 0 Å². The zero-order valence-corrected chi connectivity index (χ0v) is 16.9. The molecule has 0 unspecified atom stereocenters. The van der Waals surface area contributed by atoms with Crippen molar-refractivity contribution in [2.45, 2.75) is 64.7 Å². The Morgan fingerprint density at radius 1 is 1.00 bits per heavy atom. The van der Waals surface area contributed by atoms with Crippen LogP contribution in [-0.2, 0) is 12.8 Å². The second-order valence-corrected chi connectivity index (χ2v) is 8.07. The van der Waals surface area contributed by atoms with E-state index in [0.717, 1.165) is 53.2 Å². The van der Waals surface area contributed by atoms with Crippen molar-refractivity contribution in [3.05, 3.63) is 70.3 Å². The van der Waals surface area contributed by atoms with Crippen molar-refractivity contribution in [3.63, 3.8) is 0 Å². The molecule has 4 rings (SSSR count). The predicted octanol–water partition coefficient (Wildman–Crippen LogP) is 5.85. The van der Waals surface area contributed by atoms with Gasteiger partial charge in [-0.25, -0.2) is 4.98 Å². The van der Waals surface area contributed by atoms with Gasteiger partial charge in [-0.2, -0.15) is 0 Å². The van der Waals surface area contributed by atoms with E-state index < -0.39 is 0 Å². The third kappa shape index (κ3) is 3.89. The quantitative estimate of drug-likeness (QED) is 0.542. The maximum absolute atomic E-state index is 13.5. The maximum Gasteiger partial charge on any atom is 0.266 e. The van der Waals surface area contributed by atoms with E-state index in [4.69, 9.17) is 4.98 Å². The lowest BCUT2D eigenvalue weighted by Crippen LogP contribution is -2.24. The molecular formula is C25H30N2O. The molecule has 28 heavy (non-hydrogen) atoms. The summed E-state index contributed by atoms with van der Waals surface area (Å²) < 4.78 is 1.80. The van der Waals surface area contributed by atoms with Gasteiger partial charge in [0.2, 0.25) is 0 Å². The van der Waals surface area contributed by atoms with Gasteiger partial charge in [-0.1, -0.05) is 75.8 Å². The molecule has 1 heterocycles. The predicted molar refractivity (Wildman–Crippen MR) is 116 cm³/mol. The highest BCUT2D eigenvalue weighted by molar-refractivity contribution is 5.81. The van der Waals surface area contributed by atoms with E-state index in [1.807, 2.05) is 36.4 Å². The molecule has 1 aliphatic carbocycles. The van der Waals surface area contributed by atoms with Gasteiger partial charge in [-0.15, -0.1) is 0 Å². The molecule has 1 saturated carbocycles. The van der Waals surface area contributed by atoms with Crippen LogP contribution in [0.1, 0.15) is 63.3 Å². The van der Waals surface area contributed by atoms with Crippen LogP contribution in [0.25, 0.3) is 16.6 Å². The summed E-state index contributed by atoms with van der Waals surface area (Å²) in [4.78, 5) is 18.4. The van der Waals surface area contributed by atoms with Gasteiger partial charge < -0.3 is 0 Å². The number of aryl methyl sites for hydroxylation is 2. The average molecular weight is 375 g/mol. The van der Waals surface area contributed by atoms with Crippen LogP contribution in [0, 0.1) is 5.92 Å². The summed E-state index contributed by atoms with van der Waals surface area (Å²) in [5.41, 5.74) is 2.96. The molecule has 0 N–H and O–H groups in total. The van der Waals surface area contributed by atoms with Gasteiger partial charge in [-0.05, 0) is 42.5 Å². The number of hydrogen-bond donors (Lipinski definition) is 0. The smallest absolute Gasteiger partial charge is 0.266 e. The molecule has 0 amide bonds. The third-order valence-corrected chi connectivity index (χ3v) is 6.17. The third-order valence-electron chi connectivity index (χ3n) is 6.17. The minimum absolute atomic E-state index is 0.0707. The zero-order chi connectivity index (χ0) is 19.3. The van der Waals surface area contributed by atoms with E-state index in [1.54, 1.807) is 4.57 Å². The van der Waals surface area contributed by atoms with Gasteiger partial charge in [0.25, 0.3) is 5.56 Å². The van der Waals surface area contributed by atoms with Crippen LogP contribution < -0.4 is 5.56 Å². The van der Waals surface area contributed by atoms with Gasteiger partial charge in [0, 0.05) is 6.42 Å². The minimum atomic E-state index is 0.0707. The van der Waals surface area contributed by atoms with Crippen LogP contribution in [0.2, 0.25) is 0 Å². The molecule has 3 nitrogen and oxygen atoms in total. The lowest BCUT2D eigenvalue weighted by Gasteiger charge is -2.21. The van der Waals surface area contributed by atoms with Crippen LogP contribution in [0.4, 0.5) is 0 Å². The molecular weight excluding hydrogens is 344 g/mol. The molecule has 3 aromatic rings. The number of fused-ring (bicyclic) bond motifs is 1. The summed E-state index contributed by atoms with van der Waals surface area (Å²) in [6, 6.07) is 16.0. The normalized spacial score (nSPS) is 15.2. The molecule has 1 fully saturated rings. The highest BCUT2D eigenvalue weighted by atomic mass is 16.1.